The highest BCUT2D eigenvalue weighted by Crippen LogP contribution is 2.28. The molecule has 0 amide bonds. The van der Waals surface area contributed by atoms with Crippen LogP contribution < -0.4 is 15.4 Å². The van der Waals surface area contributed by atoms with Crippen LogP contribution in [0, 0.1) is 13.8 Å². The maximum Gasteiger partial charge on any atom is 0.238 e. The second kappa shape index (κ2) is 7.64. The van der Waals surface area contributed by atoms with E-state index in [-0.39, 0.29) is 29.3 Å². The summed E-state index contributed by atoms with van der Waals surface area (Å²) in [4.78, 5) is 9.88. The molecule has 2 heterocycles. The van der Waals surface area contributed by atoms with Crippen LogP contribution in [0.1, 0.15) is 15.4 Å². The minimum atomic E-state index is -4.28. The smallest absolute Gasteiger partial charge is 0.238 e. The van der Waals surface area contributed by atoms with E-state index in [0.717, 1.165) is 22.3 Å². The van der Waals surface area contributed by atoms with Crippen molar-refractivity contribution in [2.24, 2.45) is 12.2 Å². The highest BCUT2D eigenvalue weighted by atomic mass is 32.2. The molecule has 0 bridgehead atoms. The Morgan fingerprint density at radius 3 is 2.74 bits per heavy atom. The van der Waals surface area contributed by atoms with Crippen molar-refractivity contribution in [3.63, 3.8) is 0 Å². The molecule has 4 aromatic rings. The Bertz CT molecular complexity index is 1550. The summed E-state index contributed by atoms with van der Waals surface area (Å²) in [6, 6.07) is 6.33. The second-order valence-electron chi connectivity index (χ2n) is 7.08. The first-order chi connectivity index (χ1) is 15.9. The summed E-state index contributed by atoms with van der Waals surface area (Å²) in [7, 11) is -0.576. The minimum absolute atomic E-state index is 0.0322. The normalized spacial score (nSPS) is 13.0. The zero-order chi connectivity index (χ0) is 24.9. The number of hydrogen-bond donors (Lipinski definition) is 2. The van der Waals surface area contributed by atoms with Gasteiger partial charge in [-0.1, -0.05) is 6.04 Å². The molecule has 9 nitrogen and oxygen atoms in total. The Labute approximate surface area is 184 Å². The number of hydrogen-bond acceptors (Lipinski definition) is 7. The summed E-state index contributed by atoms with van der Waals surface area (Å²) in [5.41, 5.74) is 2.45. The summed E-state index contributed by atoms with van der Waals surface area (Å²) < 4.78 is 50.4. The van der Waals surface area contributed by atoms with E-state index in [9.17, 15) is 8.42 Å². The van der Waals surface area contributed by atoms with Gasteiger partial charge in [0.15, 0.2) is 0 Å². The lowest BCUT2D eigenvalue weighted by Gasteiger charge is -2.19. The van der Waals surface area contributed by atoms with Crippen LogP contribution in [0.3, 0.4) is 0 Å². The maximum atomic E-state index is 12.0. The number of nitrogens with two attached hydrogens (primary N) is 1. The van der Waals surface area contributed by atoms with Gasteiger partial charge in [0.05, 0.1) is 14.5 Å². The van der Waals surface area contributed by atoms with Crippen LogP contribution >= 0.6 is 0 Å². The molecule has 0 radical (unpaired) electrons. The van der Waals surface area contributed by atoms with Crippen LogP contribution in [0.2, 0.25) is 0 Å². The summed E-state index contributed by atoms with van der Waals surface area (Å²) in [6.45, 7) is 3.34. The summed E-state index contributed by atoms with van der Waals surface area (Å²) >= 11 is 0. The van der Waals surface area contributed by atoms with E-state index in [4.69, 9.17) is 9.25 Å². The van der Waals surface area contributed by atoms with Gasteiger partial charge in [0, 0.05) is 42.7 Å². The number of aryl methyl sites for hydroxylation is 2. The molecule has 0 aliphatic rings. The molecule has 160 valence electrons. The number of nitrogens with zero attached hydrogens (tertiary/aromatic N) is 5. The van der Waals surface area contributed by atoms with Crippen molar-refractivity contribution in [1.29, 1.82) is 0 Å². The van der Waals surface area contributed by atoms with Gasteiger partial charge in [-0.25, -0.2) is 18.5 Å². The van der Waals surface area contributed by atoms with Gasteiger partial charge in [0.1, 0.15) is 5.82 Å². The first-order valence-corrected chi connectivity index (χ1v) is 10.8. The molecule has 3 N–H and O–H groups in total. The molecular weight excluding hydrogens is 414 g/mol. The molecule has 0 aliphatic carbocycles. The predicted octanol–water partition coefficient (Wildman–Crippen LogP) is 3.14. The molecule has 31 heavy (non-hydrogen) atoms. The van der Waals surface area contributed by atoms with E-state index < -0.39 is 21.0 Å². The van der Waals surface area contributed by atoms with Gasteiger partial charge in [-0.15, -0.1) is 0 Å². The van der Waals surface area contributed by atoms with Gasteiger partial charge in [-0.05, 0) is 55.8 Å². The van der Waals surface area contributed by atoms with Crippen molar-refractivity contribution in [1.82, 2.24) is 19.7 Å². The Hall–Kier alpha value is -3.50. The lowest BCUT2D eigenvalue weighted by atomic mass is 10.2. The van der Waals surface area contributed by atoms with Crippen molar-refractivity contribution in [3.8, 4) is 0 Å². The predicted molar refractivity (Wildman–Crippen MR) is 121 cm³/mol. The van der Waals surface area contributed by atoms with Crippen LogP contribution in [-0.4, -0.2) is 35.2 Å². The lowest BCUT2D eigenvalue weighted by molar-refractivity contribution is 0.597. The monoisotopic (exact) mass is 440 g/mol. The zero-order valence-corrected chi connectivity index (χ0v) is 18.2. The molecule has 0 unspecified atom stereocenters. The first-order valence-electron chi connectivity index (χ1n) is 10.8. The average Bonchev–Trinajstić information content (AvgIpc) is 3.07. The highest BCUT2D eigenvalue weighted by molar-refractivity contribution is 7.89. The standard InChI is InChI=1S/C21H23N7O2S/c1-13-5-6-15(11-19(13)31(22,29)30)24-21-23-10-9-20(25-21)27(3)16-7-8-17-14(2)28(4)26-18(17)12-16/h5-12H,1-4H3,(H2,22,29,30)(H,23,24,25)/i5D,6D,11D. The van der Waals surface area contributed by atoms with Gasteiger partial charge < -0.3 is 10.2 Å². The average molecular weight is 441 g/mol. The molecule has 2 aromatic carbocycles. The van der Waals surface area contributed by atoms with Gasteiger partial charge in [-0.3, -0.25) is 4.68 Å². The minimum Gasteiger partial charge on any atom is -0.329 e. The van der Waals surface area contributed by atoms with Crippen molar-refractivity contribution in [3.05, 3.63) is 59.8 Å². The van der Waals surface area contributed by atoms with Gasteiger partial charge >= 0.3 is 0 Å². The third kappa shape index (κ3) is 4.07. The number of rotatable bonds is 5. The van der Waals surface area contributed by atoms with Crippen LogP contribution in [-0.2, 0) is 17.1 Å². The third-order valence-electron chi connectivity index (χ3n) is 4.96. The van der Waals surface area contributed by atoms with E-state index in [1.165, 1.54) is 13.1 Å². The molecule has 0 atom stereocenters. The van der Waals surface area contributed by atoms with E-state index in [1.807, 2.05) is 48.8 Å². The number of anilines is 4. The molecule has 2 aromatic heterocycles. The second-order valence-corrected chi connectivity index (χ2v) is 8.58. The van der Waals surface area contributed by atoms with E-state index in [1.54, 1.807) is 6.07 Å². The van der Waals surface area contributed by atoms with Crippen molar-refractivity contribution >= 4 is 44.1 Å². The Balaban J connectivity index is 1.72. The molecule has 4 rings (SSSR count). The molecule has 0 aliphatic heterocycles. The number of aromatic nitrogens is 4. The van der Waals surface area contributed by atoms with Gasteiger partial charge in [0.25, 0.3) is 0 Å². The van der Waals surface area contributed by atoms with Gasteiger partial charge in [-0.2, -0.15) is 10.1 Å². The van der Waals surface area contributed by atoms with Crippen molar-refractivity contribution in [2.45, 2.75) is 18.7 Å². The Morgan fingerprint density at radius 1 is 1.23 bits per heavy atom. The van der Waals surface area contributed by atoms with E-state index >= 15 is 0 Å². The number of fused-ring (bicyclic) bond motifs is 1. The molecular formula is C21H23N7O2S. The number of nitrogens with one attached hydrogen (secondary N) is 1. The number of benzene rings is 2. The van der Waals surface area contributed by atoms with Crippen molar-refractivity contribution in [2.75, 3.05) is 17.3 Å². The fourth-order valence-corrected chi connectivity index (χ4v) is 3.89. The summed E-state index contributed by atoms with van der Waals surface area (Å²) in [5.74, 6) is 0.539. The largest absolute Gasteiger partial charge is 0.329 e. The Kier molecular flexibility index (Phi) is 4.24. The highest BCUT2D eigenvalue weighted by Gasteiger charge is 2.14. The summed E-state index contributed by atoms with van der Waals surface area (Å²) in [6.07, 6.45) is 1.49. The fraction of sp³-hybridized carbons (Fsp3) is 0.190. The van der Waals surface area contributed by atoms with Gasteiger partial charge in [0.2, 0.25) is 16.0 Å². The fourth-order valence-electron chi connectivity index (χ4n) is 3.17. The SMILES string of the molecule is [2H]c1c([2H])c(Nc2nccc(N(C)c3ccc4c(C)n(C)nc4c3)n2)c([2H])c(S(N)(=O)=O)c1C. The molecule has 0 saturated carbocycles. The van der Waals surface area contributed by atoms with E-state index in [2.05, 4.69) is 20.4 Å². The molecule has 0 fully saturated rings. The van der Waals surface area contributed by atoms with Crippen molar-refractivity contribution < 1.29 is 12.5 Å². The lowest BCUT2D eigenvalue weighted by Crippen LogP contribution is -2.14. The molecule has 0 saturated heterocycles. The van der Waals surface area contributed by atoms with Crippen LogP contribution in [0.25, 0.3) is 10.9 Å². The third-order valence-corrected chi connectivity index (χ3v) is 5.94. The van der Waals surface area contributed by atoms with Crippen LogP contribution in [0.5, 0.6) is 0 Å². The maximum absolute atomic E-state index is 12.0. The topological polar surface area (TPSA) is 119 Å². The van der Waals surface area contributed by atoms with Crippen LogP contribution in [0.4, 0.5) is 23.1 Å². The van der Waals surface area contributed by atoms with Crippen LogP contribution in [0.15, 0.2) is 53.5 Å². The first kappa shape index (κ1) is 17.2. The quantitative estimate of drug-likeness (QED) is 0.489. The number of sulfonamides is 1. The summed E-state index contributed by atoms with van der Waals surface area (Å²) in [5, 5.41) is 13.5. The molecule has 10 heteroatoms. The zero-order valence-electron chi connectivity index (χ0n) is 20.4. The Morgan fingerprint density at radius 2 is 2.00 bits per heavy atom. The number of primary sulfonamides is 1. The molecule has 0 spiro atoms. The van der Waals surface area contributed by atoms with E-state index in [0.29, 0.717) is 5.82 Å².